The number of methoxy groups -OCH3 is 1. The lowest BCUT2D eigenvalue weighted by atomic mass is 9.97. The number of rotatable bonds is 6. The molecular formula is C16H29NO2S. The fraction of sp³-hybridized carbons (Fsp3) is 0.938. The first-order chi connectivity index (χ1) is 9.70. The number of ether oxygens (including phenoxy) is 1. The molecule has 0 heterocycles. The zero-order valence-corrected chi connectivity index (χ0v) is 13.8. The summed E-state index contributed by atoms with van der Waals surface area (Å²) >= 11 is 2.14. The summed E-state index contributed by atoms with van der Waals surface area (Å²) in [4.78, 5) is 12.2. The van der Waals surface area contributed by atoms with Gasteiger partial charge >= 0.3 is 5.97 Å². The van der Waals surface area contributed by atoms with E-state index in [1.165, 1.54) is 39.2 Å². The maximum absolute atomic E-state index is 12.2. The molecule has 2 saturated carbocycles. The summed E-state index contributed by atoms with van der Waals surface area (Å²) in [5.74, 6) is -0.0577. The molecule has 2 aliphatic carbocycles. The lowest BCUT2D eigenvalue weighted by Crippen LogP contribution is -2.51. The Kier molecular flexibility index (Phi) is 6.21. The minimum absolute atomic E-state index is 0.0577. The molecule has 0 aromatic carbocycles. The SMILES string of the molecule is CCCNC1(C(=O)OC)CCC(SC2CCCCC2)C1. The van der Waals surface area contributed by atoms with E-state index >= 15 is 0 Å². The van der Waals surface area contributed by atoms with E-state index in [-0.39, 0.29) is 5.97 Å². The predicted molar refractivity (Wildman–Crippen MR) is 85.1 cm³/mol. The van der Waals surface area contributed by atoms with Gasteiger partial charge in [-0.2, -0.15) is 11.8 Å². The van der Waals surface area contributed by atoms with Gasteiger partial charge in [-0.15, -0.1) is 0 Å². The van der Waals surface area contributed by atoms with Gasteiger partial charge in [0.2, 0.25) is 0 Å². The number of nitrogens with one attached hydrogen (secondary N) is 1. The van der Waals surface area contributed by atoms with Crippen LogP contribution in [0.3, 0.4) is 0 Å². The standard InChI is InChI=1S/C16H29NO2S/c1-3-11-17-16(15(18)19-2)10-9-14(12-16)20-13-7-5-4-6-8-13/h13-14,17H,3-12H2,1-2H3. The molecule has 1 N–H and O–H groups in total. The zero-order chi connectivity index (χ0) is 14.4. The van der Waals surface area contributed by atoms with Crippen LogP contribution in [-0.4, -0.2) is 35.7 Å². The highest BCUT2D eigenvalue weighted by Crippen LogP contribution is 2.42. The van der Waals surface area contributed by atoms with Crippen molar-refractivity contribution < 1.29 is 9.53 Å². The zero-order valence-electron chi connectivity index (χ0n) is 13.0. The second-order valence-electron chi connectivity index (χ2n) is 6.26. The van der Waals surface area contributed by atoms with E-state index in [0.717, 1.165) is 37.5 Å². The highest BCUT2D eigenvalue weighted by molar-refractivity contribution is 8.00. The Labute approximate surface area is 127 Å². The Morgan fingerprint density at radius 1 is 1.25 bits per heavy atom. The summed E-state index contributed by atoms with van der Waals surface area (Å²) in [6.07, 6.45) is 11.0. The molecule has 0 aromatic rings. The quantitative estimate of drug-likeness (QED) is 0.762. The Balaban J connectivity index is 1.90. The van der Waals surface area contributed by atoms with E-state index < -0.39 is 5.54 Å². The van der Waals surface area contributed by atoms with Gasteiger partial charge in [-0.1, -0.05) is 26.2 Å². The van der Waals surface area contributed by atoms with E-state index in [0.29, 0.717) is 5.25 Å². The van der Waals surface area contributed by atoms with Gasteiger partial charge in [0.05, 0.1) is 7.11 Å². The molecule has 0 amide bonds. The van der Waals surface area contributed by atoms with E-state index in [2.05, 4.69) is 24.0 Å². The normalized spacial score (nSPS) is 31.4. The van der Waals surface area contributed by atoms with Gasteiger partial charge in [0.1, 0.15) is 5.54 Å². The molecule has 2 unspecified atom stereocenters. The highest BCUT2D eigenvalue weighted by Gasteiger charge is 2.46. The van der Waals surface area contributed by atoms with Crippen molar-refractivity contribution in [2.24, 2.45) is 0 Å². The smallest absolute Gasteiger partial charge is 0.326 e. The Morgan fingerprint density at radius 2 is 2.00 bits per heavy atom. The van der Waals surface area contributed by atoms with Crippen LogP contribution >= 0.6 is 11.8 Å². The number of esters is 1. The molecule has 2 atom stereocenters. The minimum atomic E-state index is -0.406. The second-order valence-corrected chi connectivity index (χ2v) is 7.87. The third-order valence-corrected chi connectivity index (χ3v) is 6.34. The van der Waals surface area contributed by atoms with Crippen molar-refractivity contribution in [3.63, 3.8) is 0 Å². The van der Waals surface area contributed by atoms with Gasteiger partial charge in [0, 0.05) is 10.5 Å². The van der Waals surface area contributed by atoms with Crippen LogP contribution in [0, 0.1) is 0 Å². The lowest BCUT2D eigenvalue weighted by Gasteiger charge is -2.29. The molecule has 2 fully saturated rings. The van der Waals surface area contributed by atoms with Crippen molar-refractivity contribution in [2.45, 2.75) is 80.7 Å². The van der Waals surface area contributed by atoms with Crippen molar-refractivity contribution in [1.29, 1.82) is 0 Å². The summed E-state index contributed by atoms with van der Waals surface area (Å²) in [5.41, 5.74) is -0.406. The van der Waals surface area contributed by atoms with Crippen LogP contribution in [0.4, 0.5) is 0 Å². The van der Waals surface area contributed by atoms with Crippen molar-refractivity contribution >= 4 is 17.7 Å². The summed E-state index contributed by atoms with van der Waals surface area (Å²) < 4.78 is 5.06. The predicted octanol–water partition coefficient (Wildman–Crippen LogP) is 3.52. The molecule has 4 heteroatoms. The van der Waals surface area contributed by atoms with Crippen molar-refractivity contribution in [2.75, 3.05) is 13.7 Å². The van der Waals surface area contributed by atoms with Crippen LogP contribution < -0.4 is 5.32 Å². The molecule has 20 heavy (non-hydrogen) atoms. The molecule has 2 rings (SSSR count). The first-order valence-electron chi connectivity index (χ1n) is 8.19. The van der Waals surface area contributed by atoms with Gasteiger partial charge in [0.15, 0.2) is 0 Å². The lowest BCUT2D eigenvalue weighted by molar-refractivity contribution is -0.148. The maximum Gasteiger partial charge on any atom is 0.326 e. The molecule has 0 aromatic heterocycles. The van der Waals surface area contributed by atoms with Crippen LogP contribution in [0.2, 0.25) is 0 Å². The summed E-state index contributed by atoms with van der Waals surface area (Å²) in [7, 11) is 1.51. The molecule has 2 aliphatic rings. The molecule has 3 nitrogen and oxygen atoms in total. The first-order valence-corrected chi connectivity index (χ1v) is 9.13. The third-order valence-electron chi connectivity index (χ3n) is 4.70. The van der Waals surface area contributed by atoms with Crippen LogP contribution in [0.15, 0.2) is 0 Å². The van der Waals surface area contributed by atoms with Crippen LogP contribution in [0.1, 0.15) is 64.7 Å². The monoisotopic (exact) mass is 299 g/mol. The number of thioether (sulfide) groups is 1. The number of hydrogen-bond acceptors (Lipinski definition) is 4. The van der Waals surface area contributed by atoms with Crippen molar-refractivity contribution in [1.82, 2.24) is 5.32 Å². The maximum atomic E-state index is 12.2. The minimum Gasteiger partial charge on any atom is -0.468 e. The van der Waals surface area contributed by atoms with E-state index in [1.54, 1.807) is 0 Å². The Bertz CT molecular complexity index is 318. The fourth-order valence-corrected chi connectivity index (χ4v) is 5.35. The number of carbonyl (C=O) groups is 1. The van der Waals surface area contributed by atoms with Crippen molar-refractivity contribution in [3.8, 4) is 0 Å². The van der Waals surface area contributed by atoms with Crippen LogP contribution in [0.5, 0.6) is 0 Å². The fourth-order valence-electron chi connectivity index (χ4n) is 3.57. The van der Waals surface area contributed by atoms with Crippen LogP contribution in [0.25, 0.3) is 0 Å². The van der Waals surface area contributed by atoms with E-state index in [9.17, 15) is 4.79 Å². The molecule has 0 radical (unpaired) electrons. The number of carbonyl (C=O) groups excluding carboxylic acids is 1. The van der Waals surface area contributed by atoms with Gasteiger partial charge in [-0.3, -0.25) is 4.79 Å². The second kappa shape index (κ2) is 7.69. The molecule has 0 spiro atoms. The molecule has 0 bridgehead atoms. The Hall–Kier alpha value is -0.220. The average molecular weight is 299 g/mol. The van der Waals surface area contributed by atoms with E-state index in [4.69, 9.17) is 4.74 Å². The van der Waals surface area contributed by atoms with E-state index in [1.807, 2.05) is 0 Å². The van der Waals surface area contributed by atoms with Gasteiger partial charge in [-0.25, -0.2) is 0 Å². The molecule has 0 saturated heterocycles. The highest BCUT2D eigenvalue weighted by atomic mass is 32.2. The first kappa shape index (κ1) is 16.2. The number of hydrogen-bond donors (Lipinski definition) is 1. The topological polar surface area (TPSA) is 38.3 Å². The molecule has 0 aliphatic heterocycles. The van der Waals surface area contributed by atoms with Gasteiger partial charge < -0.3 is 10.1 Å². The summed E-state index contributed by atoms with van der Waals surface area (Å²) in [6.45, 7) is 3.04. The third kappa shape index (κ3) is 3.91. The van der Waals surface area contributed by atoms with Gasteiger partial charge in [-0.05, 0) is 45.1 Å². The summed E-state index contributed by atoms with van der Waals surface area (Å²) in [5, 5.41) is 4.93. The largest absolute Gasteiger partial charge is 0.468 e. The van der Waals surface area contributed by atoms with Crippen molar-refractivity contribution in [3.05, 3.63) is 0 Å². The average Bonchev–Trinajstić information content (AvgIpc) is 2.90. The van der Waals surface area contributed by atoms with Gasteiger partial charge in [0.25, 0.3) is 0 Å². The summed E-state index contributed by atoms with van der Waals surface area (Å²) in [6, 6.07) is 0. The Morgan fingerprint density at radius 3 is 2.65 bits per heavy atom. The molecular weight excluding hydrogens is 270 g/mol. The molecule has 116 valence electrons. The van der Waals surface area contributed by atoms with Crippen LogP contribution in [-0.2, 0) is 9.53 Å².